The molecule has 146 valence electrons. The molecule has 0 atom stereocenters. The second-order valence-electron chi connectivity index (χ2n) is 5.80. The van der Waals surface area contributed by atoms with Crippen LogP contribution >= 0.6 is 0 Å². The third-order valence-electron chi connectivity index (χ3n) is 3.94. The Morgan fingerprint density at radius 1 is 1.07 bits per heavy atom. The van der Waals surface area contributed by atoms with Crippen LogP contribution in [0.25, 0.3) is 11.5 Å². The summed E-state index contributed by atoms with van der Waals surface area (Å²) in [4.78, 5) is 16.5. The van der Waals surface area contributed by atoms with Crippen molar-refractivity contribution >= 4 is 11.6 Å². The lowest BCUT2D eigenvalue weighted by molar-refractivity contribution is -0.118. The molecule has 0 aliphatic carbocycles. The van der Waals surface area contributed by atoms with Crippen LogP contribution in [0.4, 0.5) is 5.69 Å². The van der Waals surface area contributed by atoms with Crippen LogP contribution in [0.1, 0.15) is 12.7 Å². The van der Waals surface area contributed by atoms with E-state index < -0.39 is 0 Å². The van der Waals surface area contributed by atoms with Crippen molar-refractivity contribution in [2.24, 2.45) is 0 Å². The number of nitrogens with zero attached hydrogens (tertiary/aromatic N) is 2. The molecule has 0 radical (unpaired) electrons. The lowest BCUT2D eigenvalue weighted by Gasteiger charge is -2.12. The minimum atomic E-state index is -0.308. The van der Waals surface area contributed by atoms with Gasteiger partial charge in [-0.25, -0.2) is 0 Å². The number of carbonyl (C=O) groups is 1. The highest BCUT2D eigenvalue weighted by molar-refractivity contribution is 5.93. The second kappa shape index (κ2) is 8.90. The molecule has 3 aromatic rings. The number of hydrogen-bond acceptors (Lipinski definition) is 7. The minimum absolute atomic E-state index is 0.144. The van der Waals surface area contributed by atoms with Crippen molar-refractivity contribution in [1.82, 2.24) is 10.1 Å². The third-order valence-corrected chi connectivity index (χ3v) is 3.94. The average Bonchev–Trinajstić information content (AvgIpc) is 3.22. The van der Waals surface area contributed by atoms with E-state index in [1.165, 1.54) is 7.11 Å². The molecule has 0 bridgehead atoms. The molecule has 0 spiro atoms. The predicted molar refractivity (Wildman–Crippen MR) is 103 cm³/mol. The van der Waals surface area contributed by atoms with E-state index in [2.05, 4.69) is 15.5 Å². The summed E-state index contributed by atoms with van der Waals surface area (Å²) in [5, 5.41) is 6.62. The highest BCUT2D eigenvalue weighted by Gasteiger charge is 2.11. The Kier molecular flexibility index (Phi) is 6.11. The first-order chi connectivity index (χ1) is 13.6. The molecule has 28 heavy (non-hydrogen) atoms. The maximum Gasteiger partial charge on any atom is 0.262 e. The van der Waals surface area contributed by atoms with Gasteiger partial charge in [0.05, 0.1) is 19.9 Å². The zero-order valence-electron chi connectivity index (χ0n) is 15.9. The lowest BCUT2D eigenvalue weighted by atomic mass is 10.2. The lowest BCUT2D eigenvalue weighted by Crippen LogP contribution is -2.20. The highest BCUT2D eigenvalue weighted by Crippen LogP contribution is 2.29. The van der Waals surface area contributed by atoms with Crippen molar-refractivity contribution in [2.75, 3.05) is 26.1 Å². The third kappa shape index (κ3) is 4.59. The van der Waals surface area contributed by atoms with Crippen molar-refractivity contribution in [3.63, 3.8) is 0 Å². The van der Waals surface area contributed by atoms with E-state index >= 15 is 0 Å². The van der Waals surface area contributed by atoms with Crippen LogP contribution in [0.5, 0.6) is 17.2 Å². The first-order valence-corrected chi connectivity index (χ1v) is 8.70. The number of benzene rings is 2. The van der Waals surface area contributed by atoms with E-state index in [9.17, 15) is 4.79 Å². The summed E-state index contributed by atoms with van der Waals surface area (Å²) in [5.41, 5.74) is 1.32. The number of rotatable bonds is 8. The molecule has 3 rings (SSSR count). The summed E-state index contributed by atoms with van der Waals surface area (Å²) < 4.78 is 21.1. The molecule has 1 N–H and O–H groups in total. The number of hydrogen-bond donors (Lipinski definition) is 1. The monoisotopic (exact) mass is 383 g/mol. The summed E-state index contributed by atoms with van der Waals surface area (Å²) in [6.45, 7) is 1.81. The molecule has 0 unspecified atom stereocenters. The van der Waals surface area contributed by atoms with Crippen LogP contribution in [-0.2, 0) is 11.2 Å². The minimum Gasteiger partial charge on any atom is -0.497 e. The van der Waals surface area contributed by atoms with Gasteiger partial charge in [0.25, 0.3) is 11.8 Å². The van der Waals surface area contributed by atoms with E-state index in [4.69, 9.17) is 18.7 Å². The van der Waals surface area contributed by atoms with Gasteiger partial charge in [-0.1, -0.05) is 12.1 Å². The number of nitrogens with one attached hydrogen (secondary N) is 1. The standard InChI is InChI=1S/C20H21N3O5/c1-4-18-22-20(28-23-18)13-5-7-14(8-6-13)27-12-19(24)21-16-10-9-15(25-2)11-17(16)26-3/h5-11H,4,12H2,1-3H3,(H,21,24). The Morgan fingerprint density at radius 3 is 2.46 bits per heavy atom. The molecule has 0 fully saturated rings. The van der Waals surface area contributed by atoms with Gasteiger partial charge in [0.1, 0.15) is 17.2 Å². The van der Waals surface area contributed by atoms with Crippen LogP contribution in [-0.4, -0.2) is 36.9 Å². The molecular weight excluding hydrogens is 362 g/mol. The van der Waals surface area contributed by atoms with Crippen molar-refractivity contribution in [3.05, 3.63) is 48.3 Å². The number of anilines is 1. The molecule has 0 aliphatic heterocycles. The molecule has 0 aliphatic rings. The maximum atomic E-state index is 12.2. The maximum absolute atomic E-state index is 12.2. The second-order valence-corrected chi connectivity index (χ2v) is 5.80. The first kappa shape index (κ1) is 19.2. The molecule has 0 saturated carbocycles. The molecule has 2 aromatic carbocycles. The van der Waals surface area contributed by atoms with Gasteiger partial charge in [-0.15, -0.1) is 0 Å². The number of carbonyl (C=O) groups excluding carboxylic acids is 1. The number of amides is 1. The van der Waals surface area contributed by atoms with Gasteiger partial charge in [0.15, 0.2) is 12.4 Å². The fourth-order valence-electron chi connectivity index (χ4n) is 2.45. The van der Waals surface area contributed by atoms with Gasteiger partial charge in [-0.05, 0) is 36.4 Å². The molecule has 1 amide bonds. The molecule has 1 aromatic heterocycles. The predicted octanol–water partition coefficient (Wildman–Crippen LogP) is 3.33. The van der Waals surface area contributed by atoms with E-state index in [0.29, 0.717) is 41.1 Å². The van der Waals surface area contributed by atoms with Crippen LogP contribution in [0.15, 0.2) is 47.0 Å². The van der Waals surface area contributed by atoms with Crippen LogP contribution in [0.2, 0.25) is 0 Å². The van der Waals surface area contributed by atoms with Crippen LogP contribution in [0.3, 0.4) is 0 Å². The molecule has 1 heterocycles. The fraction of sp³-hybridized carbons (Fsp3) is 0.250. The summed E-state index contributed by atoms with van der Waals surface area (Å²) >= 11 is 0. The Morgan fingerprint density at radius 2 is 1.82 bits per heavy atom. The van der Waals surface area contributed by atoms with Gasteiger partial charge in [-0.2, -0.15) is 4.98 Å². The molecule has 8 nitrogen and oxygen atoms in total. The number of aromatic nitrogens is 2. The molecule has 8 heteroatoms. The zero-order valence-corrected chi connectivity index (χ0v) is 15.9. The number of aryl methyl sites for hydroxylation is 1. The number of ether oxygens (including phenoxy) is 3. The summed E-state index contributed by atoms with van der Waals surface area (Å²) in [5.74, 6) is 2.49. The Balaban J connectivity index is 1.57. The Labute approximate surface area is 162 Å². The quantitative estimate of drug-likeness (QED) is 0.637. The summed E-state index contributed by atoms with van der Waals surface area (Å²) in [6.07, 6.45) is 0.707. The average molecular weight is 383 g/mol. The van der Waals surface area contributed by atoms with E-state index in [1.807, 2.05) is 6.92 Å². The van der Waals surface area contributed by atoms with E-state index in [-0.39, 0.29) is 12.5 Å². The SMILES string of the molecule is CCc1noc(-c2ccc(OCC(=O)Nc3ccc(OC)cc3OC)cc2)n1. The zero-order chi connectivity index (χ0) is 19.9. The van der Waals surface area contributed by atoms with Crippen LogP contribution in [0, 0.1) is 0 Å². The summed E-state index contributed by atoms with van der Waals surface area (Å²) in [7, 11) is 3.09. The largest absolute Gasteiger partial charge is 0.497 e. The van der Waals surface area contributed by atoms with Gasteiger partial charge in [0, 0.05) is 18.1 Å². The molecule has 0 saturated heterocycles. The van der Waals surface area contributed by atoms with Crippen molar-refractivity contribution < 1.29 is 23.5 Å². The van der Waals surface area contributed by atoms with Gasteiger partial charge < -0.3 is 24.1 Å². The van der Waals surface area contributed by atoms with E-state index in [0.717, 1.165) is 5.56 Å². The molecular formula is C20H21N3O5. The normalized spacial score (nSPS) is 10.4. The topological polar surface area (TPSA) is 95.7 Å². The van der Waals surface area contributed by atoms with Gasteiger partial charge in [-0.3, -0.25) is 4.79 Å². The van der Waals surface area contributed by atoms with Crippen LogP contribution < -0.4 is 19.5 Å². The highest BCUT2D eigenvalue weighted by atomic mass is 16.5. The number of methoxy groups -OCH3 is 2. The van der Waals surface area contributed by atoms with E-state index in [1.54, 1.807) is 49.6 Å². The Bertz CT molecular complexity index is 937. The summed E-state index contributed by atoms with van der Waals surface area (Å²) in [6, 6.07) is 12.2. The van der Waals surface area contributed by atoms with Crippen molar-refractivity contribution in [3.8, 4) is 28.7 Å². The fourth-order valence-corrected chi connectivity index (χ4v) is 2.45. The van der Waals surface area contributed by atoms with Crippen molar-refractivity contribution in [1.29, 1.82) is 0 Å². The smallest absolute Gasteiger partial charge is 0.262 e. The van der Waals surface area contributed by atoms with Gasteiger partial charge >= 0.3 is 0 Å². The first-order valence-electron chi connectivity index (χ1n) is 8.70. The van der Waals surface area contributed by atoms with Gasteiger partial charge in [0.2, 0.25) is 0 Å². The van der Waals surface area contributed by atoms with Crippen molar-refractivity contribution in [2.45, 2.75) is 13.3 Å². The Hall–Kier alpha value is -3.55.